The summed E-state index contributed by atoms with van der Waals surface area (Å²) in [6, 6.07) is 0. The minimum Gasteiger partial charge on any atom is -0.481 e. The summed E-state index contributed by atoms with van der Waals surface area (Å²) in [5, 5.41) is 30.3. The Labute approximate surface area is 170 Å². The smallest absolute Gasteiger partial charge is 0.306 e. The maximum absolute atomic E-state index is 12.8. The van der Waals surface area contributed by atoms with Crippen molar-refractivity contribution in [3.8, 4) is 0 Å². The third kappa shape index (κ3) is 3.03. The van der Waals surface area contributed by atoms with E-state index in [-0.39, 0.29) is 29.0 Å². The van der Waals surface area contributed by atoms with Gasteiger partial charge in [-0.25, -0.2) is 0 Å². The first-order valence-corrected chi connectivity index (χ1v) is 10.6. The monoisotopic (exact) mass is 402 g/mol. The first-order valence-electron chi connectivity index (χ1n) is 10.6. The molecule has 158 valence electrons. The second-order valence-electron chi connectivity index (χ2n) is 9.91. The molecule has 2 fully saturated rings. The molecule has 2 saturated carbocycles. The van der Waals surface area contributed by atoms with Crippen LogP contribution in [0.4, 0.5) is 0 Å². The Bertz CT molecular complexity index is 825. The topological polar surface area (TPSA) is 112 Å². The summed E-state index contributed by atoms with van der Waals surface area (Å²) < 4.78 is 0. The van der Waals surface area contributed by atoms with Crippen LogP contribution < -0.4 is 0 Å². The van der Waals surface area contributed by atoms with Gasteiger partial charge in [0.1, 0.15) is 6.10 Å². The van der Waals surface area contributed by atoms with Crippen molar-refractivity contribution in [2.75, 3.05) is 0 Å². The average molecular weight is 402 g/mol. The van der Waals surface area contributed by atoms with E-state index in [1.165, 1.54) is 0 Å². The number of fused-ring (bicyclic) bond motifs is 5. The number of aliphatic hydroxyl groups excluding tert-OH is 2. The zero-order valence-corrected chi connectivity index (χ0v) is 17.1. The fourth-order valence-corrected chi connectivity index (χ4v) is 7.08. The first-order chi connectivity index (χ1) is 13.6. The second-order valence-corrected chi connectivity index (χ2v) is 9.91. The van der Waals surface area contributed by atoms with E-state index in [1.54, 1.807) is 6.08 Å². The van der Waals surface area contributed by atoms with Crippen LogP contribution in [-0.2, 0) is 14.4 Å². The lowest BCUT2D eigenvalue weighted by Gasteiger charge is -2.59. The number of carboxylic acid groups (broad SMARTS) is 1. The third-order valence-corrected chi connectivity index (χ3v) is 8.41. The molecule has 0 amide bonds. The molecular weight excluding hydrogens is 372 g/mol. The molecule has 29 heavy (non-hydrogen) atoms. The lowest BCUT2D eigenvalue weighted by Crippen LogP contribution is -2.56. The summed E-state index contributed by atoms with van der Waals surface area (Å²) in [5.74, 6) is -1.08. The van der Waals surface area contributed by atoms with Gasteiger partial charge < -0.3 is 15.3 Å². The average Bonchev–Trinajstić information content (AvgIpc) is 2.97. The van der Waals surface area contributed by atoms with E-state index in [0.717, 1.165) is 24.8 Å². The molecule has 6 nitrogen and oxygen atoms in total. The van der Waals surface area contributed by atoms with Gasteiger partial charge in [0.25, 0.3) is 0 Å². The molecule has 0 heterocycles. The minimum absolute atomic E-state index is 0.0560. The van der Waals surface area contributed by atoms with Crippen molar-refractivity contribution in [3.05, 3.63) is 23.3 Å². The molecule has 0 saturated heterocycles. The Balaban J connectivity index is 1.63. The summed E-state index contributed by atoms with van der Waals surface area (Å²) in [6.07, 6.45) is 5.03. The van der Waals surface area contributed by atoms with Crippen LogP contribution in [0.15, 0.2) is 23.3 Å². The van der Waals surface area contributed by atoms with Crippen LogP contribution in [0.3, 0.4) is 0 Å². The van der Waals surface area contributed by atoms with E-state index in [0.29, 0.717) is 24.8 Å². The Morgan fingerprint density at radius 1 is 1.24 bits per heavy atom. The minimum atomic E-state index is -1.55. The number of carboxylic acids is 1. The molecule has 0 aromatic heterocycles. The summed E-state index contributed by atoms with van der Waals surface area (Å²) in [6.45, 7) is 4.17. The molecule has 1 unspecified atom stereocenters. The molecule has 0 aliphatic heterocycles. The number of rotatable bonds is 4. The van der Waals surface area contributed by atoms with Gasteiger partial charge in [0.05, 0.1) is 12.5 Å². The summed E-state index contributed by atoms with van der Waals surface area (Å²) in [7, 11) is 0. The van der Waals surface area contributed by atoms with Gasteiger partial charge in [0.15, 0.2) is 11.6 Å². The Morgan fingerprint density at radius 2 is 1.97 bits per heavy atom. The summed E-state index contributed by atoms with van der Waals surface area (Å²) in [5.41, 5.74) is 0.905. The standard InChI is InChI=1S/C23H30O6/c1-22-8-7-13(24)9-12(22)3-4-14-15-5-6-16(21(29)17(25)10-19(27)28)23(15,2)11-18(26)20(14)22/h6,9,14-15,17-18,20,25-26H,3-5,7-8,10-11H2,1-2H3,(H,27,28)/t14-,15-,17?,18-,20+,22-,23-/m0/s1. The van der Waals surface area contributed by atoms with Gasteiger partial charge in [-0.3, -0.25) is 14.4 Å². The lowest BCUT2D eigenvalue weighted by atomic mass is 9.46. The van der Waals surface area contributed by atoms with Crippen molar-refractivity contribution in [1.29, 1.82) is 0 Å². The summed E-state index contributed by atoms with van der Waals surface area (Å²) in [4.78, 5) is 35.7. The van der Waals surface area contributed by atoms with Gasteiger partial charge in [0.2, 0.25) is 0 Å². The fourth-order valence-electron chi connectivity index (χ4n) is 7.08. The number of hydrogen-bond donors (Lipinski definition) is 3. The number of Topliss-reactive ketones (excluding diaryl/α,β-unsaturated/α-hetero) is 1. The molecule has 0 bridgehead atoms. The largest absolute Gasteiger partial charge is 0.481 e. The molecule has 4 rings (SSSR count). The summed E-state index contributed by atoms with van der Waals surface area (Å²) >= 11 is 0. The zero-order valence-electron chi connectivity index (χ0n) is 17.1. The van der Waals surface area contributed by atoms with Crippen LogP contribution in [0.5, 0.6) is 0 Å². The SMILES string of the molecule is C[C@]12CCC(=O)C=C1CC[C@@H]1[C@@H]2[C@@H](O)C[C@]2(C)C(C(=O)C(O)CC(=O)O)=CC[C@@H]12. The molecule has 0 aromatic rings. The molecular formula is C23H30O6. The molecule has 0 aromatic carbocycles. The molecule has 4 aliphatic carbocycles. The number of ketones is 2. The van der Waals surface area contributed by atoms with Gasteiger partial charge in [-0.2, -0.15) is 0 Å². The molecule has 4 aliphatic rings. The predicted octanol–water partition coefficient (Wildman–Crippen LogP) is 2.43. The normalized spacial score (nSPS) is 42.1. The van der Waals surface area contributed by atoms with Gasteiger partial charge in [-0.15, -0.1) is 0 Å². The van der Waals surface area contributed by atoms with Gasteiger partial charge in [0, 0.05) is 17.4 Å². The Hall–Kier alpha value is -1.79. The number of carbonyl (C=O) groups excluding carboxylic acids is 2. The maximum Gasteiger partial charge on any atom is 0.306 e. The van der Waals surface area contributed by atoms with E-state index in [9.17, 15) is 24.6 Å². The highest BCUT2D eigenvalue weighted by molar-refractivity contribution is 6.01. The third-order valence-electron chi connectivity index (χ3n) is 8.41. The fraction of sp³-hybridized carbons (Fsp3) is 0.696. The van der Waals surface area contributed by atoms with Crippen LogP contribution in [0.2, 0.25) is 0 Å². The lowest BCUT2D eigenvalue weighted by molar-refractivity contribution is -0.143. The highest BCUT2D eigenvalue weighted by atomic mass is 16.4. The molecule has 7 atom stereocenters. The van der Waals surface area contributed by atoms with Crippen molar-refractivity contribution >= 4 is 17.5 Å². The van der Waals surface area contributed by atoms with Crippen LogP contribution in [-0.4, -0.2) is 45.1 Å². The number of allylic oxidation sites excluding steroid dienone is 3. The number of carbonyl (C=O) groups is 3. The zero-order chi connectivity index (χ0) is 21.1. The van der Waals surface area contributed by atoms with E-state index >= 15 is 0 Å². The Kier molecular flexibility index (Phi) is 4.86. The Morgan fingerprint density at radius 3 is 2.66 bits per heavy atom. The molecule has 0 spiro atoms. The van der Waals surface area contributed by atoms with Gasteiger partial charge in [-0.1, -0.05) is 25.5 Å². The predicted molar refractivity (Wildman–Crippen MR) is 105 cm³/mol. The van der Waals surface area contributed by atoms with Crippen molar-refractivity contribution in [3.63, 3.8) is 0 Å². The van der Waals surface area contributed by atoms with Crippen LogP contribution in [0.25, 0.3) is 0 Å². The van der Waals surface area contributed by atoms with Crippen molar-refractivity contribution < 1.29 is 29.7 Å². The van der Waals surface area contributed by atoms with Crippen LogP contribution in [0.1, 0.15) is 58.8 Å². The van der Waals surface area contributed by atoms with Crippen LogP contribution in [0, 0.1) is 28.6 Å². The van der Waals surface area contributed by atoms with Crippen molar-refractivity contribution in [1.82, 2.24) is 0 Å². The molecule has 6 heteroatoms. The van der Waals surface area contributed by atoms with E-state index in [2.05, 4.69) is 6.92 Å². The van der Waals surface area contributed by atoms with E-state index in [4.69, 9.17) is 5.11 Å². The van der Waals surface area contributed by atoms with Crippen molar-refractivity contribution in [2.45, 2.75) is 71.0 Å². The van der Waals surface area contributed by atoms with Gasteiger partial charge in [-0.05, 0) is 61.3 Å². The highest BCUT2D eigenvalue weighted by Gasteiger charge is 2.61. The van der Waals surface area contributed by atoms with Gasteiger partial charge >= 0.3 is 5.97 Å². The number of aliphatic carboxylic acids is 1. The quantitative estimate of drug-likeness (QED) is 0.666. The maximum atomic E-state index is 12.8. The highest BCUT2D eigenvalue weighted by Crippen LogP contribution is 2.65. The van der Waals surface area contributed by atoms with E-state index < -0.39 is 35.8 Å². The molecule has 0 radical (unpaired) electrons. The van der Waals surface area contributed by atoms with Crippen molar-refractivity contribution in [2.24, 2.45) is 28.6 Å². The van der Waals surface area contributed by atoms with E-state index in [1.807, 2.05) is 13.0 Å². The molecule has 3 N–H and O–H groups in total. The number of aliphatic hydroxyl groups is 2. The van der Waals surface area contributed by atoms with Crippen LogP contribution >= 0.6 is 0 Å². The second kappa shape index (κ2) is 6.88. The number of hydrogen-bond acceptors (Lipinski definition) is 5. The first kappa shape index (κ1) is 20.5.